The van der Waals surface area contributed by atoms with Gasteiger partial charge in [0.15, 0.2) is 11.6 Å². The second-order valence-electron chi connectivity index (χ2n) is 6.71. The Labute approximate surface area is 151 Å². The van der Waals surface area contributed by atoms with Crippen molar-refractivity contribution in [3.05, 3.63) is 65.1 Å². The van der Waals surface area contributed by atoms with Crippen LogP contribution in [-0.2, 0) is 19.3 Å². The zero-order chi connectivity index (χ0) is 17.5. The van der Waals surface area contributed by atoms with Crippen molar-refractivity contribution >= 4 is 5.78 Å². The Morgan fingerprint density at radius 2 is 1.81 bits per heavy atom. The van der Waals surface area contributed by atoms with E-state index in [9.17, 15) is 4.79 Å². The number of benzene rings is 1. The maximum Gasteiger partial charge on any atom is 0.226 e. The third-order valence-electron chi connectivity index (χ3n) is 5.05. The lowest BCUT2D eigenvalue weighted by atomic mass is 10.1. The predicted octanol–water partition coefficient (Wildman–Crippen LogP) is 3.95. The van der Waals surface area contributed by atoms with Crippen molar-refractivity contribution in [2.24, 2.45) is 0 Å². The second kappa shape index (κ2) is 6.02. The summed E-state index contributed by atoms with van der Waals surface area (Å²) in [6.45, 7) is 0. The first kappa shape index (κ1) is 15.2. The molecule has 5 heteroatoms. The molecule has 0 amide bonds. The van der Waals surface area contributed by atoms with Crippen LogP contribution >= 0.6 is 0 Å². The number of pyridine rings is 1. The molecule has 2 aliphatic rings. The molecule has 0 fully saturated rings. The van der Waals surface area contributed by atoms with E-state index in [1.807, 2.05) is 30.3 Å². The SMILES string of the molecule is O=C1CCc2cc(Oc3nc(-c4ccncc4)nc4c3CCC4)ccc21. The molecule has 0 atom stereocenters. The molecule has 128 valence electrons. The lowest BCUT2D eigenvalue weighted by Crippen LogP contribution is -2.01. The van der Waals surface area contributed by atoms with Crippen molar-refractivity contribution < 1.29 is 9.53 Å². The van der Waals surface area contributed by atoms with Crippen molar-refractivity contribution in [2.75, 3.05) is 0 Å². The van der Waals surface area contributed by atoms with Crippen LogP contribution in [0.25, 0.3) is 11.4 Å². The molecule has 2 heterocycles. The molecule has 0 bridgehead atoms. The Bertz CT molecular complexity index is 1020. The van der Waals surface area contributed by atoms with E-state index in [2.05, 4.69) is 4.98 Å². The van der Waals surface area contributed by atoms with Gasteiger partial charge >= 0.3 is 0 Å². The van der Waals surface area contributed by atoms with E-state index < -0.39 is 0 Å². The molecule has 2 aromatic heterocycles. The van der Waals surface area contributed by atoms with Gasteiger partial charge in [0, 0.05) is 35.5 Å². The molecule has 2 aliphatic carbocycles. The van der Waals surface area contributed by atoms with Gasteiger partial charge in [-0.15, -0.1) is 0 Å². The molecule has 0 spiro atoms. The van der Waals surface area contributed by atoms with Gasteiger partial charge in [-0.3, -0.25) is 9.78 Å². The van der Waals surface area contributed by atoms with E-state index in [-0.39, 0.29) is 5.78 Å². The number of carbonyl (C=O) groups is 1. The molecule has 0 saturated carbocycles. The van der Waals surface area contributed by atoms with Gasteiger partial charge in [-0.2, -0.15) is 4.98 Å². The topological polar surface area (TPSA) is 65.0 Å². The van der Waals surface area contributed by atoms with E-state index in [0.29, 0.717) is 18.1 Å². The summed E-state index contributed by atoms with van der Waals surface area (Å²) in [4.78, 5) is 25.3. The van der Waals surface area contributed by atoms with Crippen LogP contribution in [0.2, 0.25) is 0 Å². The Balaban J connectivity index is 1.55. The van der Waals surface area contributed by atoms with Crippen LogP contribution in [0, 0.1) is 0 Å². The quantitative estimate of drug-likeness (QED) is 0.720. The van der Waals surface area contributed by atoms with E-state index >= 15 is 0 Å². The van der Waals surface area contributed by atoms with Crippen molar-refractivity contribution in [3.63, 3.8) is 0 Å². The van der Waals surface area contributed by atoms with Crippen LogP contribution in [0.15, 0.2) is 42.7 Å². The minimum Gasteiger partial charge on any atom is -0.439 e. The van der Waals surface area contributed by atoms with Crippen molar-refractivity contribution in [2.45, 2.75) is 32.1 Å². The minimum absolute atomic E-state index is 0.217. The third-order valence-corrected chi connectivity index (χ3v) is 5.05. The fourth-order valence-corrected chi connectivity index (χ4v) is 3.72. The Kier molecular flexibility index (Phi) is 3.52. The average Bonchev–Trinajstić information content (AvgIpc) is 3.29. The predicted molar refractivity (Wildman–Crippen MR) is 96.5 cm³/mol. The number of aryl methyl sites for hydroxylation is 2. The van der Waals surface area contributed by atoms with Gasteiger partial charge in [0.1, 0.15) is 5.75 Å². The van der Waals surface area contributed by atoms with Gasteiger partial charge in [0.25, 0.3) is 0 Å². The first-order valence-corrected chi connectivity index (χ1v) is 8.92. The van der Waals surface area contributed by atoms with Crippen LogP contribution in [0.3, 0.4) is 0 Å². The summed E-state index contributed by atoms with van der Waals surface area (Å²) in [7, 11) is 0. The number of rotatable bonds is 3. The molecule has 3 aromatic rings. The summed E-state index contributed by atoms with van der Waals surface area (Å²) in [5, 5.41) is 0. The first-order chi connectivity index (χ1) is 12.8. The molecular formula is C21H17N3O2. The molecule has 0 saturated heterocycles. The second-order valence-corrected chi connectivity index (χ2v) is 6.71. The fourth-order valence-electron chi connectivity index (χ4n) is 3.72. The first-order valence-electron chi connectivity index (χ1n) is 8.92. The molecule has 5 rings (SSSR count). The molecule has 0 aliphatic heterocycles. The van der Waals surface area contributed by atoms with E-state index in [1.165, 1.54) is 0 Å². The Morgan fingerprint density at radius 3 is 2.69 bits per heavy atom. The Morgan fingerprint density at radius 1 is 0.923 bits per heavy atom. The van der Waals surface area contributed by atoms with E-state index in [4.69, 9.17) is 14.7 Å². The standard InChI is InChI=1S/C21H17N3O2/c25-19-7-4-14-12-15(5-6-16(14)19)26-21-17-2-1-3-18(17)23-20(24-21)13-8-10-22-11-9-13/h5-6,8-12H,1-4,7H2. The molecule has 26 heavy (non-hydrogen) atoms. The monoisotopic (exact) mass is 343 g/mol. The molecule has 0 radical (unpaired) electrons. The summed E-state index contributed by atoms with van der Waals surface area (Å²) in [6, 6.07) is 9.50. The number of fused-ring (bicyclic) bond motifs is 2. The fraction of sp³-hybridized carbons (Fsp3) is 0.238. The number of ketones is 1. The summed E-state index contributed by atoms with van der Waals surface area (Å²) in [5.41, 5.74) is 4.98. The number of hydrogen-bond acceptors (Lipinski definition) is 5. The number of ether oxygens (including phenoxy) is 1. The molecular weight excluding hydrogens is 326 g/mol. The van der Waals surface area contributed by atoms with Crippen LogP contribution in [-0.4, -0.2) is 20.7 Å². The number of nitrogens with zero attached hydrogens (tertiary/aromatic N) is 3. The highest BCUT2D eigenvalue weighted by Gasteiger charge is 2.23. The maximum atomic E-state index is 11.8. The number of carbonyl (C=O) groups excluding carboxylic acids is 1. The highest BCUT2D eigenvalue weighted by molar-refractivity contribution is 6.00. The summed E-state index contributed by atoms with van der Waals surface area (Å²) < 4.78 is 6.17. The summed E-state index contributed by atoms with van der Waals surface area (Å²) in [6.07, 6.45) is 7.81. The number of aromatic nitrogens is 3. The van der Waals surface area contributed by atoms with Crippen LogP contribution in [0.1, 0.15) is 40.0 Å². The van der Waals surface area contributed by atoms with Gasteiger partial charge in [-0.25, -0.2) is 4.98 Å². The van der Waals surface area contributed by atoms with Gasteiger partial charge in [0.05, 0.1) is 5.69 Å². The summed E-state index contributed by atoms with van der Waals surface area (Å²) >= 11 is 0. The largest absolute Gasteiger partial charge is 0.439 e. The third kappa shape index (κ3) is 2.56. The lowest BCUT2D eigenvalue weighted by molar-refractivity contribution is 0.0994. The van der Waals surface area contributed by atoms with Crippen molar-refractivity contribution in [3.8, 4) is 23.0 Å². The zero-order valence-corrected chi connectivity index (χ0v) is 14.2. The van der Waals surface area contributed by atoms with Gasteiger partial charge in [0.2, 0.25) is 5.88 Å². The molecule has 0 N–H and O–H groups in total. The van der Waals surface area contributed by atoms with Gasteiger partial charge < -0.3 is 4.74 Å². The minimum atomic E-state index is 0.217. The summed E-state index contributed by atoms with van der Waals surface area (Å²) in [5.74, 6) is 2.24. The maximum absolute atomic E-state index is 11.8. The van der Waals surface area contributed by atoms with Gasteiger partial charge in [-0.05, 0) is 61.6 Å². The lowest BCUT2D eigenvalue weighted by Gasteiger charge is -2.12. The number of hydrogen-bond donors (Lipinski definition) is 0. The average molecular weight is 343 g/mol. The zero-order valence-electron chi connectivity index (χ0n) is 14.2. The molecule has 5 nitrogen and oxygen atoms in total. The van der Waals surface area contributed by atoms with E-state index in [0.717, 1.165) is 59.4 Å². The highest BCUT2D eigenvalue weighted by atomic mass is 16.5. The normalized spacial score (nSPS) is 15.0. The molecule has 0 unspecified atom stereocenters. The van der Waals surface area contributed by atoms with Crippen LogP contribution < -0.4 is 4.74 Å². The van der Waals surface area contributed by atoms with Crippen molar-refractivity contribution in [1.29, 1.82) is 0 Å². The van der Waals surface area contributed by atoms with Gasteiger partial charge in [-0.1, -0.05) is 0 Å². The van der Waals surface area contributed by atoms with Crippen molar-refractivity contribution in [1.82, 2.24) is 15.0 Å². The smallest absolute Gasteiger partial charge is 0.226 e. The van der Waals surface area contributed by atoms with Crippen LogP contribution in [0.4, 0.5) is 0 Å². The van der Waals surface area contributed by atoms with Crippen LogP contribution in [0.5, 0.6) is 11.6 Å². The Hall–Kier alpha value is -3.08. The number of Topliss-reactive ketones (excluding diaryl/α,β-unsaturated/α-hetero) is 1. The van der Waals surface area contributed by atoms with E-state index in [1.54, 1.807) is 12.4 Å². The highest BCUT2D eigenvalue weighted by Crippen LogP contribution is 2.34. The molecule has 1 aromatic carbocycles.